The summed E-state index contributed by atoms with van der Waals surface area (Å²) in [6, 6.07) is 0. The van der Waals surface area contributed by atoms with E-state index in [-0.39, 0.29) is 24.0 Å². The number of ether oxygens (including phenoxy) is 2. The van der Waals surface area contributed by atoms with Gasteiger partial charge >= 0.3 is 5.97 Å². The summed E-state index contributed by atoms with van der Waals surface area (Å²) in [5, 5.41) is 3.30. The second kappa shape index (κ2) is 10.1. The molecule has 0 spiro atoms. The van der Waals surface area contributed by atoms with Gasteiger partial charge in [-0.3, -0.25) is 14.5 Å². The zero-order chi connectivity index (χ0) is 21.7. The lowest BCUT2D eigenvalue weighted by Crippen LogP contribution is -2.43. The number of carbonyl (C=O) groups is 2. The molecule has 0 aromatic carbocycles. The smallest absolute Gasteiger partial charge is 0.348 e. The summed E-state index contributed by atoms with van der Waals surface area (Å²) in [5.74, 6) is 0.0788. The van der Waals surface area contributed by atoms with Gasteiger partial charge in [-0.1, -0.05) is 0 Å². The van der Waals surface area contributed by atoms with Crippen molar-refractivity contribution in [1.82, 2.24) is 20.2 Å². The molecule has 2 aromatic rings. The van der Waals surface area contributed by atoms with Gasteiger partial charge in [0.05, 0.1) is 24.5 Å². The quantitative estimate of drug-likeness (QED) is 0.475. The Hall–Kier alpha value is -2.30. The summed E-state index contributed by atoms with van der Waals surface area (Å²) in [6.45, 7) is 6.65. The van der Waals surface area contributed by atoms with E-state index in [4.69, 9.17) is 9.47 Å². The predicted octanol–water partition coefficient (Wildman–Crippen LogP) is 1.44. The average Bonchev–Trinajstić information content (AvgIpc) is 3.05. The van der Waals surface area contributed by atoms with Crippen molar-refractivity contribution in [2.24, 2.45) is 5.92 Å². The van der Waals surface area contributed by atoms with Gasteiger partial charge < -0.3 is 19.8 Å². The number of rotatable bonds is 8. The summed E-state index contributed by atoms with van der Waals surface area (Å²) in [6.07, 6.45) is 1.79. The maximum atomic E-state index is 12.7. The number of aryl methyl sites for hydroxylation is 1. The highest BCUT2D eigenvalue weighted by molar-refractivity contribution is 7.20. The first-order chi connectivity index (χ1) is 14.4. The molecular weight excluding hydrogens is 408 g/mol. The van der Waals surface area contributed by atoms with Crippen LogP contribution in [0.3, 0.4) is 0 Å². The fourth-order valence-electron chi connectivity index (χ4n) is 3.68. The van der Waals surface area contributed by atoms with E-state index < -0.39 is 5.97 Å². The zero-order valence-corrected chi connectivity index (χ0v) is 18.4. The first-order valence-corrected chi connectivity index (χ1v) is 10.9. The summed E-state index contributed by atoms with van der Waals surface area (Å²) < 4.78 is 10.1. The lowest BCUT2D eigenvalue weighted by atomic mass is 9.97. The topological polar surface area (TPSA) is 114 Å². The third-order valence-electron chi connectivity index (χ3n) is 5.16. The number of fused-ring (bicyclic) bond motifs is 1. The van der Waals surface area contributed by atoms with Crippen LogP contribution in [0.2, 0.25) is 0 Å². The second-order valence-electron chi connectivity index (χ2n) is 7.35. The van der Waals surface area contributed by atoms with Gasteiger partial charge in [0.1, 0.15) is 22.1 Å². The Morgan fingerprint density at radius 3 is 2.90 bits per heavy atom. The predicted molar refractivity (Wildman–Crippen MR) is 114 cm³/mol. The molecule has 3 rings (SSSR count). The number of nitrogens with one attached hydrogen (secondary N) is 2. The molecule has 0 aliphatic carbocycles. The minimum Gasteiger partial charge on any atom is -0.459 e. The fraction of sp³-hybridized carbons (Fsp3) is 0.600. The van der Waals surface area contributed by atoms with Crippen molar-refractivity contribution < 1.29 is 19.1 Å². The van der Waals surface area contributed by atoms with Crippen LogP contribution in [0.1, 0.15) is 40.8 Å². The Kier molecular flexibility index (Phi) is 7.57. The van der Waals surface area contributed by atoms with E-state index in [0.717, 1.165) is 30.7 Å². The lowest BCUT2D eigenvalue weighted by molar-refractivity contribution is -0.126. The molecule has 1 unspecified atom stereocenters. The van der Waals surface area contributed by atoms with Crippen LogP contribution >= 0.6 is 11.3 Å². The van der Waals surface area contributed by atoms with Crippen molar-refractivity contribution in [3.8, 4) is 0 Å². The molecule has 1 atom stereocenters. The van der Waals surface area contributed by atoms with Gasteiger partial charge in [-0.15, -0.1) is 11.3 Å². The van der Waals surface area contributed by atoms with Crippen LogP contribution in [-0.4, -0.2) is 66.7 Å². The number of esters is 1. The number of nitrogens with zero attached hydrogens (tertiary/aromatic N) is 2. The maximum Gasteiger partial charge on any atom is 0.348 e. The minimum atomic E-state index is -0.477. The average molecular weight is 437 g/mol. The molecule has 0 bridgehead atoms. The molecule has 164 valence electrons. The van der Waals surface area contributed by atoms with Crippen LogP contribution in [-0.2, 0) is 20.8 Å². The van der Waals surface area contributed by atoms with Gasteiger partial charge in [0.15, 0.2) is 0 Å². The van der Waals surface area contributed by atoms with E-state index in [1.54, 1.807) is 6.92 Å². The van der Waals surface area contributed by atoms with E-state index in [1.165, 1.54) is 7.11 Å². The van der Waals surface area contributed by atoms with Crippen LogP contribution in [0.5, 0.6) is 0 Å². The zero-order valence-electron chi connectivity index (χ0n) is 17.6. The van der Waals surface area contributed by atoms with E-state index in [2.05, 4.69) is 20.2 Å². The number of piperidine rings is 1. The van der Waals surface area contributed by atoms with Crippen LogP contribution in [0.15, 0.2) is 4.79 Å². The summed E-state index contributed by atoms with van der Waals surface area (Å²) >= 11 is 1.16. The summed E-state index contributed by atoms with van der Waals surface area (Å²) in [4.78, 5) is 47.6. The lowest BCUT2D eigenvalue weighted by Gasteiger charge is -2.31. The van der Waals surface area contributed by atoms with Gasteiger partial charge in [-0.2, -0.15) is 0 Å². The highest BCUT2D eigenvalue weighted by Gasteiger charge is 2.26. The summed E-state index contributed by atoms with van der Waals surface area (Å²) in [5.41, 5.74) is 0.309. The van der Waals surface area contributed by atoms with Crippen molar-refractivity contribution >= 4 is 33.4 Å². The van der Waals surface area contributed by atoms with E-state index in [0.29, 0.717) is 52.7 Å². The number of aromatic nitrogens is 2. The highest BCUT2D eigenvalue weighted by Crippen LogP contribution is 2.28. The molecule has 1 saturated heterocycles. The van der Waals surface area contributed by atoms with Crippen molar-refractivity contribution in [1.29, 1.82) is 0 Å². The number of amides is 1. The highest BCUT2D eigenvalue weighted by atomic mass is 32.1. The van der Waals surface area contributed by atoms with Gasteiger partial charge in [0.25, 0.3) is 5.56 Å². The van der Waals surface area contributed by atoms with Gasteiger partial charge in [-0.25, -0.2) is 9.78 Å². The number of H-pyrrole nitrogens is 1. The number of likely N-dealkylation sites (tertiary alicyclic amines) is 1. The largest absolute Gasteiger partial charge is 0.459 e. The molecule has 1 aliphatic heterocycles. The molecular formula is C20H28N4O5S. The van der Waals surface area contributed by atoms with E-state index >= 15 is 0 Å². The second-order valence-corrected chi connectivity index (χ2v) is 8.35. The number of thiophene rings is 1. The van der Waals surface area contributed by atoms with Crippen molar-refractivity contribution in [2.45, 2.75) is 33.2 Å². The van der Waals surface area contributed by atoms with E-state index in [1.807, 2.05) is 6.92 Å². The molecule has 1 fully saturated rings. The SMILES string of the molecule is CCNC(=O)C1CCCN(Cc2nc3sc(C(=O)OCCOC)c(C)c3c(=O)[nH]2)C1. The van der Waals surface area contributed by atoms with Crippen molar-refractivity contribution in [2.75, 3.05) is 40.0 Å². The Morgan fingerprint density at radius 1 is 1.37 bits per heavy atom. The maximum absolute atomic E-state index is 12.7. The number of methoxy groups -OCH3 is 1. The first-order valence-electron chi connectivity index (χ1n) is 10.1. The molecule has 30 heavy (non-hydrogen) atoms. The Bertz CT molecular complexity index is 970. The normalized spacial score (nSPS) is 17.2. The first kappa shape index (κ1) is 22.4. The van der Waals surface area contributed by atoms with Crippen LogP contribution in [0, 0.1) is 12.8 Å². The van der Waals surface area contributed by atoms with Crippen LogP contribution < -0.4 is 10.9 Å². The van der Waals surface area contributed by atoms with Gasteiger partial charge in [-0.05, 0) is 38.8 Å². The Labute approximate surface area is 178 Å². The molecule has 2 N–H and O–H groups in total. The number of hydrogen-bond acceptors (Lipinski definition) is 8. The van der Waals surface area contributed by atoms with Crippen LogP contribution in [0.25, 0.3) is 10.2 Å². The number of carbonyl (C=O) groups excluding carboxylic acids is 2. The molecule has 2 aromatic heterocycles. The fourth-order valence-corrected chi connectivity index (χ4v) is 4.78. The van der Waals surface area contributed by atoms with Crippen LogP contribution in [0.4, 0.5) is 0 Å². The molecule has 0 radical (unpaired) electrons. The third kappa shape index (κ3) is 5.05. The standard InChI is InChI=1S/C20H28N4O5S/c1-4-21-17(25)13-6-5-7-24(10-13)11-14-22-18(26)15-12(2)16(30-19(15)23-14)20(27)29-9-8-28-3/h13H,4-11H2,1-3H3,(H,21,25)(H,22,23,26). The molecule has 1 amide bonds. The van der Waals surface area contributed by atoms with Crippen molar-refractivity contribution in [3.63, 3.8) is 0 Å². The summed E-state index contributed by atoms with van der Waals surface area (Å²) in [7, 11) is 1.53. The number of aromatic amines is 1. The Morgan fingerprint density at radius 2 is 2.17 bits per heavy atom. The molecule has 3 heterocycles. The minimum absolute atomic E-state index is 0.0494. The van der Waals surface area contributed by atoms with Crippen molar-refractivity contribution in [3.05, 3.63) is 26.6 Å². The number of hydrogen-bond donors (Lipinski definition) is 2. The molecule has 1 aliphatic rings. The van der Waals surface area contributed by atoms with E-state index in [9.17, 15) is 14.4 Å². The van der Waals surface area contributed by atoms with Gasteiger partial charge in [0, 0.05) is 20.2 Å². The molecule has 0 saturated carbocycles. The molecule has 9 nitrogen and oxygen atoms in total. The molecule has 10 heteroatoms. The Balaban J connectivity index is 1.77. The van der Waals surface area contributed by atoms with Gasteiger partial charge in [0.2, 0.25) is 5.91 Å². The monoisotopic (exact) mass is 436 g/mol. The third-order valence-corrected chi connectivity index (χ3v) is 6.32.